The SMILES string of the molecule is COCC(CCO)NC(=O)C1CCCN(S(C)(=O)=O)C1. The quantitative estimate of drug-likeness (QED) is 0.640. The maximum absolute atomic E-state index is 12.2. The van der Waals surface area contributed by atoms with E-state index in [4.69, 9.17) is 9.84 Å². The number of nitrogens with zero attached hydrogens (tertiary/aromatic N) is 1. The summed E-state index contributed by atoms with van der Waals surface area (Å²) in [7, 11) is -1.72. The van der Waals surface area contributed by atoms with Crippen molar-refractivity contribution in [3.63, 3.8) is 0 Å². The van der Waals surface area contributed by atoms with Crippen LogP contribution in [0.25, 0.3) is 0 Å². The first-order valence-electron chi connectivity index (χ1n) is 6.73. The van der Waals surface area contributed by atoms with Gasteiger partial charge in [-0.3, -0.25) is 4.79 Å². The molecule has 20 heavy (non-hydrogen) atoms. The molecule has 2 N–H and O–H groups in total. The van der Waals surface area contributed by atoms with E-state index in [2.05, 4.69) is 5.32 Å². The van der Waals surface area contributed by atoms with Crippen LogP contribution in [0.4, 0.5) is 0 Å². The molecule has 0 radical (unpaired) electrons. The molecule has 1 rings (SSSR count). The van der Waals surface area contributed by atoms with Crippen LogP contribution in [0.15, 0.2) is 0 Å². The van der Waals surface area contributed by atoms with Gasteiger partial charge < -0.3 is 15.2 Å². The van der Waals surface area contributed by atoms with Crippen molar-refractivity contribution in [2.75, 3.05) is 39.7 Å². The Morgan fingerprint density at radius 2 is 2.25 bits per heavy atom. The molecule has 0 aromatic heterocycles. The van der Waals surface area contributed by atoms with Crippen LogP contribution in [0, 0.1) is 5.92 Å². The lowest BCUT2D eigenvalue weighted by molar-refractivity contribution is -0.127. The molecule has 0 aromatic rings. The highest BCUT2D eigenvalue weighted by atomic mass is 32.2. The summed E-state index contributed by atoms with van der Waals surface area (Å²) in [5.41, 5.74) is 0. The maximum Gasteiger partial charge on any atom is 0.224 e. The van der Waals surface area contributed by atoms with Gasteiger partial charge in [-0.05, 0) is 19.3 Å². The molecule has 1 amide bonds. The molecule has 1 fully saturated rings. The third-order valence-corrected chi connectivity index (χ3v) is 4.69. The van der Waals surface area contributed by atoms with E-state index < -0.39 is 10.0 Å². The number of aliphatic hydroxyl groups is 1. The number of rotatable bonds is 7. The lowest BCUT2D eigenvalue weighted by Crippen LogP contribution is -2.48. The van der Waals surface area contributed by atoms with Crippen molar-refractivity contribution in [2.45, 2.75) is 25.3 Å². The lowest BCUT2D eigenvalue weighted by atomic mass is 9.98. The first-order valence-corrected chi connectivity index (χ1v) is 8.58. The van der Waals surface area contributed by atoms with Gasteiger partial charge in [0, 0.05) is 26.8 Å². The van der Waals surface area contributed by atoms with E-state index in [-0.39, 0.29) is 31.0 Å². The second-order valence-corrected chi connectivity index (χ2v) is 7.12. The number of nitrogens with one attached hydrogen (secondary N) is 1. The van der Waals surface area contributed by atoms with Crippen LogP contribution in [0.5, 0.6) is 0 Å². The van der Waals surface area contributed by atoms with E-state index in [1.54, 1.807) is 0 Å². The number of methoxy groups -OCH3 is 1. The topological polar surface area (TPSA) is 95.9 Å². The van der Waals surface area contributed by atoms with Crippen LogP contribution >= 0.6 is 0 Å². The van der Waals surface area contributed by atoms with Gasteiger partial charge in [-0.15, -0.1) is 0 Å². The summed E-state index contributed by atoms with van der Waals surface area (Å²) in [6, 6.07) is -0.244. The van der Waals surface area contributed by atoms with E-state index in [1.807, 2.05) is 0 Å². The smallest absolute Gasteiger partial charge is 0.224 e. The molecule has 0 aliphatic carbocycles. The van der Waals surface area contributed by atoms with Gasteiger partial charge in [-0.2, -0.15) is 0 Å². The average Bonchev–Trinajstić information content (AvgIpc) is 2.38. The molecule has 0 bridgehead atoms. The zero-order valence-electron chi connectivity index (χ0n) is 12.0. The van der Waals surface area contributed by atoms with Crippen molar-refractivity contribution >= 4 is 15.9 Å². The maximum atomic E-state index is 12.2. The zero-order chi connectivity index (χ0) is 15.2. The van der Waals surface area contributed by atoms with E-state index in [0.29, 0.717) is 32.4 Å². The Balaban J connectivity index is 2.57. The Bertz CT molecular complexity index is 406. The fraction of sp³-hybridized carbons (Fsp3) is 0.917. The molecule has 7 nitrogen and oxygen atoms in total. The highest BCUT2D eigenvalue weighted by Crippen LogP contribution is 2.19. The van der Waals surface area contributed by atoms with Crippen molar-refractivity contribution in [3.8, 4) is 0 Å². The molecule has 0 saturated carbocycles. The third kappa shape index (κ3) is 5.35. The summed E-state index contributed by atoms with van der Waals surface area (Å²) in [6.07, 6.45) is 2.94. The summed E-state index contributed by atoms with van der Waals surface area (Å²) in [5, 5.41) is 11.8. The van der Waals surface area contributed by atoms with E-state index in [9.17, 15) is 13.2 Å². The molecule has 1 aliphatic rings. The number of piperidine rings is 1. The molecule has 2 atom stereocenters. The Kier molecular flexibility index (Phi) is 6.87. The zero-order valence-corrected chi connectivity index (χ0v) is 12.9. The van der Waals surface area contributed by atoms with Gasteiger partial charge in [0.1, 0.15) is 0 Å². The average molecular weight is 308 g/mol. The molecule has 2 unspecified atom stereocenters. The highest BCUT2D eigenvalue weighted by Gasteiger charge is 2.30. The van der Waals surface area contributed by atoms with Gasteiger partial charge in [0.05, 0.1) is 24.8 Å². The fourth-order valence-corrected chi connectivity index (χ4v) is 3.24. The van der Waals surface area contributed by atoms with Crippen molar-refractivity contribution in [3.05, 3.63) is 0 Å². The predicted octanol–water partition coefficient (Wildman–Crippen LogP) is -0.828. The minimum absolute atomic E-state index is 0.0333. The molecule has 1 aliphatic heterocycles. The standard InChI is InChI=1S/C12H24N2O5S/c1-19-9-11(5-7-15)13-12(16)10-4-3-6-14(8-10)20(2,17)18/h10-11,15H,3-9H2,1-2H3,(H,13,16). The number of amides is 1. The minimum Gasteiger partial charge on any atom is -0.396 e. The summed E-state index contributed by atoms with van der Waals surface area (Å²) < 4.78 is 29.4. The van der Waals surface area contributed by atoms with Crippen molar-refractivity contribution in [2.24, 2.45) is 5.92 Å². The second kappa shape index (κ2) is 7.92. The molecule has 8 heteroatoms. The molecular weight excluding hydrogens is 284 g/mol. The fourth-order valence-electron chi connectivity index (χ4n) is 2.33. The molecule has 0 aromatic carbocycles. The minimum atomic E-state index is -3.25. The van der Waals surface area contributed by atoms with Gasteiger partial charge >= 0.3 is 0 Å². The monoisotopic (exact) mass is 308 g/mol. The van der Waals surface area contributed by atoms with Gasteiger partial charge in [-0.1, -0.05) is 0 Å². The number of sulfonamides is 1. The first-order chi connectivity index (χ1) is 9.38. The van der Waals surface area contributed by atoms with Crippen molar-refractivity contribution in [1.29, 1.82) is 0 Å². The number of carbonyl (C=O) groups is 1. The van der Waals surface area contributed by atoms with Crippen molar-refractivity contribution < 1.29 is 23.1 Å². The van der Waals surface area contributed by atoms with Gasteiger partial charge in [-0.25, -0.2) is 12.7 Å². The molecule has 1 heterocycles. The summed E-state index contributed by atoms with van der Waals surface area (Å²) in [5.74, 6) is -0.509. The van der Waals surface area contributed by atoms with E-state index >= 15 is 0 Å². The van der Waals surface area contributed by atoms with Gasteiger partial charge in [0.25, 0.3) is 0 Å². The van der Waals surface area contributed by atoms with E-state index in [0.717, 1.165) is 6.26 Å². The van der Waals surface area contributed by atoms with Crippen LogP contribution in [0.3, 0.4) is 0 Å². The number of hydrogen-bond donors (Lipinski definition) is 2. The second-order valence-electron chi connectivity index (χ2n) is 5.13. The van der Waals surface area contributed by atoms with Crippen LogP contribution in [0.1, 0.15) is 19.3 Å². The van der Waals surface area contributed by atoms with Gasteiger partial charge in [0.2, 0.25) is 15.9 Å². The number of ether oxygens (including phenoxy) is 1. The van der Waals surface area contributed by atoms with Crippen LogP contribution in [-0.2, 0) is 19.6 Å². The van der Waals surface area contributed by atoms with E-state index in [1.165, 1.54) is 11.4 Å². The summed E-state index contributed by atoms with van der Waals surface area (Å²) in [4.78, 5) is 12.2. The number of aliphatic hydroxyl groups excluding tert-OH is 1. The van der Waals surface area contributed by atoms with Gasteiger partial charge in [0.15, 0.2) is 0 Å². The Hall–Kier alpha value is -0.700. The largest absolute Gasteiger partial charge is 0.396 e. The number of hydrogen-bond acceptors (Lipinski definition) is 5. The molecular formula is C12H24N2O5S. The third-order valence-electron chi connectivity index (χ3n) is 3.42. The first kappa shape index (κ1) is 17.4. The Labute approximate surface area is 120 Å². The Morgan fingerprint density at radius 3 is 2.80 bits per heavy atom. The molecule has 0 spiro atoms. The summed E-state index contributed by atoms with van der Waals surface area (Å²) >= 11 is 0. The predicted molar refractivity (Wildman–Crippen MR) is 74.7 cm³/mol. The normalized spacial score (nSPS) is 22.4. The van der Waals surface area contributed by atoms with Crippen LogP contribution < -0.4 is 5.32 Å². The summed E-state index contributed by atoms with van der Waals surface area (Å²) in [6.45, 7) is 0.994. The van der Waals surface area contributed by atoms with Crippen LogP contribution in [0.2, 0.25) is 0 Å². The van der Waals surface area contributed by atoms with Crippen molar-refractivity contribution in [1.82, 2.24) is 9.62 Å². The van der Waals surface area contributed by atoms with Crippen LogP contribution in [-0.4, -0.2) is 69.4 Å². The lowest BCUT2D eigenvalue weighted by Gasteiger charge is -2.31. The molecule has 1 saturated heterocycles. The number of carbonyl (C=O) groups excluding carboxylic acids is 1. The Morgan fingerprint density at radius 1 is 1.55 bits per heavy atom. The highest BCUT2D eigenvalue weighted by molar-refractivity contribution is 7.88. The molecule has 118 valence electrons.